The van der Waals surface area contributed by atoms with E-state index in [2.05, 4.69) is 0 Å². The molecule has 10 heavy (non-hydrogen) atoms. The molecule has 1 N–H and O–H groups in total. The van der Waals surface area contributed by atoms with Crippen molar-refractivity contribution in [3.63, 3.8) is 0 Å². The third-order valence-corrected chi connectivity index (χ3v) is 0.773. The van der Waals surface area contributed by atoms with E-state index in [9.17, 15) is 0 Å². The minimum Gasteiger partial charge on any atom is -0.396 e. The van der Waals surface area contributed by atoms with Crippen LogP contribution in [-0.4, -0.2) is 24.9 Å². The Morgan fingerprint density at radius 2 is 1.50 bits per heavy atom. The third kappa shape index (κ3) is 24.7. The van der Waals surface area contributed by atoms with E-state index < -0.39 is 0 Å². The van der Waals surface area contributed by atoms with E-state index in [-0.39, 0.29) is 0 Å². The largest absolute Gasteiger partial charge is 0.396 e. The van der Waals surface area contributed by atoms with Crippen molar-refractivity contribution in [2.75, 3.05) is 19.8 Å². The highest BCUT2D eigenvalue weighted by atomic mass is 16.5. The maximum absolute atomic E-state index is 8.14. The van der Waals surface area contributed by atoms with Crippen molar-refractivity contribution < 1.29 is 9.84 Å². The predicted octanol–water partition coefficient (Wildman–Crippen LogP) is 1.68. The number of aliphatic hydroxyl groups excluding tert-OH is 1. The molecule has 0 unspecified atom stereocenters. The summed E-state index contributed by atoms with van der Waals surface area (Å²) in [6.07, 6.45) is 0. The number of hydrogen-bond acceptors (Lipinski definition) is 2. The molecule has 0 rings (SSSR count). The molecule has 0 bridgehead atoms. The van der Waals surface area contributed by atoms with Gasteiger partial charge in [-0.2, -0.15) is 0 Å². The zero-order valence-corrected chi connectivity index (χ0v) is 7.55. The van der Waals surface area contributed by atoms with E-state index in [1.54, 1.807) is 0 Å². The average molecular weight is 148 g/mol. The fourth-order valence-electron chi connectivity index (χ4n) is 0.204. The molecule has 0 aromatic carbocycles. The van der Waals surface area contributed by atoms with E-state index in [0.717, 1.165) is 13.2 Å². The summed E-state index contributed by atoms with van der Waals surface area (Å²) in [6.45, 7) is 9.92. The SMILES string of the molecule is CC(C)CO.CCOCC. The molecule has 0 spiro atoms. The van der Waals surface area contributed by atoms with Crippen LogP contribution in [0.4, 0.5) is 0 Å². The summed E-state index contributed by atoms with van der Waals surface area (Å²) in [5, 5.41) is 8.14. The third-order valence-electron chi connectivity index (χ3n) is 0.773. The zero-order valence-electron chi connectivity index (χ0n) is 7.55. The van der Waals surface area contributed by atoms with Crippen molar-refractivity contribution in [3.8, 4) is 0 Å². The van der Waals surface area contributed by atoms with Gasteiger partial charge in [0.05, 0.1) is 0 Å². The Kier molecular flexibility index (Phi) is 14.7. The molecule has 0 aliphatic rings. The lowest BCUT2D eigenvalue weighted by atomic mass is 10.2. The highest BCUT2D eigenvalue weighted by Crippen LogP contribution is 1.83. The molecule has 2 heteroatoms. The van der Waals surface area contributed by atoms with Crippen LogP contribution in [0.1, 0.15) is 27.7 Å². The predicted molar refractivity (Wildman–Crippen MR) is 44.1 cm³/mol. The van der Waals surface area contributed by atoms with Gasteiger partial charge in [0.15, 0.2) is 0 Å². The Labute approximate surface area is 64.2 Å². The molecule has 0 amide bonds. The van der Waals surface area contributed by atoms with Crippen molar-refractivity contribution in [1.29, 1.82) is 0 Å². The van der Waals surface area contributed by atoms with Crippen molar-refractivity contribution in [1.82, 2.24) is 0 Å². The van der Waals surface area contributed by atoms with Gasteiger partial charge >= 0.3 is 0 Å². The van der Waals surface area contributed by atoms with Crippen LogP contribution >= 0.6 is 0 Å². The summed E-state index contributed by atoms with van der Waals surface area (Å²) >= 11 is 0. The molecular weight excluding hydrogens is 128 g/mol. The molecule has 0 aromatic rings. The zero-order chi connectivity index (χ0) is 8.41. The quantitative estimate of drug-likeness (QED) is 0.659. The normalized spacial score (nSPS) is 9.00. The maximum atomic E-state index is 8.14. The molecule has 0 radical (unpaired) electrons. The molecule has 2 nitrogen and oxygen atoms in total. The first kappa shape index (κ1) is 12.6. The van der Waals surface area contributed by atoms with Gasteiger partial charge in [-0.05, 0) is 19.8 Å². The Bertz CT molecular complexity index is 42.5. The summed E-state index contributed by atoms with van der Waals surface area (Å²) in [4.78, 5) is 0. The van der Waals surface area contributed by atoms with E-state index in [4.69, 9.17) is 9.84 Å². The van der Waals surface area contributed by atoms with Crippen LogP contribution in [0, 0.1) is 5.92 Å². The Morgan fingerprint density at radius 1 is 1.20 bits per heavy atom. The van der Waals surface area contributed by atoms with Gasteiger partial charge < -0.3 is 9.84 Å². The van der Waals surface area contributed by atoms with Crippen LogP contribution < -0.4 is 0 Å². The highest BCUT2D eigenvalue weighted by molar-refractivity contribution is 4.32. The first-order chi connectivity index (χ1) is 4.68. The molecule has 0 atom stereocenters. The minimum atomic E-state index is 0.306. The lowest BCUT2D eigenvalue weighted by Crippen LogP contribution is -1.90. The van der Waals surface area contributed by atoms with Crippen LogP contribution in [0.2, 0.25) is 0 Å². The minimum absolute atomic E-state index is 0.306. The molecule has 0 aliphatic carbocycles. The number of rotatable bonds is 3. The Morgan fingerprint density at radius 3 is 1.50 bits per heavy atom. The fourth-order valence-corrected chi connectivity index (χ4v) is 0.204. The smallest absolute Gasteiger partial charge is 0.0453 e. The lowest BCUT2D eigenvalue weighted by Gasteiger charge is -1.90. The van der Waals surface area contributed by atoms with Crippen LogP contribution in [0.5, 0.6) is 0 Å². The van der Waals surface area contributed by atoms with Crippen LogP contribution in [-0.2, 0) is 4.74 Å². The van der Waals surface area contributed by atoms with E-state index in [1.165, 1.54) is 0 Å². The van der Waals surface area contributed by atoms with Gasteiger partial charge in [0.2, 0.25) is 0 Å². The topological polar surface area (TPSA) is 29.5 Å². The van der Waals surface area contributed by atoms with Gasteiger partial charge in [0.25, 0.3) is 0 Å². The van der Waals surface area contributed by atoms with Gasteiger partial charge in [0, 0.05) is 19.8 Å². The summed E-state index contributed by atoms with van der Waals surface area (Å²) in [5.74, 6) is 0.440. The van der Waals surface area contributed by atoms with Crippen molar-refractivity contribution in [2.24, 2.45) is 5.92 Å². The summed E-state index contributed by atoms with van der Waals surface area (Å²) in [5.41, 5.74) is 0. The van der Waals surface area contributed by atoms with Crippen LogP contribution in [0.3, 0.4) is 0 Å². The van der Waals surface area contributed by atoms with Crippen molar-refractivity contribution >= 4 is 0 Å². The molecular formula is C8H20O2. The number of ether oxygens (including phenoxy) is 1. The Balaban J connectivity index is 0. The molecule has 0 saturated carbocycles. The van der Waals surface area contributed by atoms with E-state index in [1.807, 2.05) is 27.7 Å². The van der Waals surface area contributed by atoms with Gasteiger partial charge in [-0.1, -0.05) is 13.8 Å². The second-order valence-electron chi connectivity index (χ2n) is 2.36. The molecule has 0 saturated heterocycles. The second-order valence-corrected chi connectivity index (χ2v) is 2.36. The van der Waals surface area contributed by atoms with Crippen LogP contribution in [0.25, 0.3) is 0 Å². The van der Waals surface area contributed by atoms with E-state index >= 15 is 0 Å². The van der Waals surface area contributed by atoms with Crippen molar-refractivity contribution in [3.05, 3.63) is 0 Å². The monoisotopic (exact) mass is 148 g/mol. The average Bonchev–Trinajstić information content (AvgIpc) is 1.91. The Hall–Kier alpha value is -0.0800. The molecule has 0 heterocycles. The molecule has 0 aromatic heterocycles. The second kappa shape index (κ2) is 11.7. The van der Waals surface area contributed by atoms with Crippen molar-refractivity contribution in [2.45, 2.75) is 27.7 Å². The van der Waals surface area contributed by atoms with Crippen LogP contribution in [0.15, 0.2) is 0 Å². The lowest BCUT2D eigenvalue weighted by molar-refractivity contribution is 0.162. The number of aliphatic hydroxyl groups is 1. The van der Waals surface area contributed by atoms with Gasteiger partial charge in [-0.3, -0.25) is 0 Å². The molecule has 0 fully saturated rings. The standard InChI is InChI=1S/2C4H10O/c1-4(2)3-5;1-3-5-4-2/h4-5H,3H2,1-2H3;3-4H2,1-2H3. The summed E-state index contributed by atoms with van der Waals surface area (Å²) < 4.78 is 4.83. The number of hydrogen-bond donors (Lipinski definition) is 1. The summed E-state index contributed by atoms with van der Waals surface area (Å²) in [7, 11) is 0. The van der Waals surface area contributed by atoms with Gasteiger partial charge in [0.1, 0.15) is 0 Å². The highest BCUT2D eigenvalue weighted by Gasteiger charge is 1.81. The first-order valence-corrected chi connectivity index (χ1v) is 3.87. The maximum Gasteiger partial charge on any atom is 0.0453 e. The first-order valence-electron chi connectivity index (χ1n) is 3.87. The van der Waals surface area contributed by atoms with E-state index in [0.29, 0.717) is 12.5 Å². The molecule has 64 valence electrons. The summed E-state index contributed by atoms with van der Waals surface area (Å²) in [6, 6.07) is 0. The van der Waals surface area contributed by atoms with Gasteiger partial charge in [-0.15, -0.1) is 0 Å². The molecule has 0 aliphatic heterocycles. The fraction of sp³-hybridized carbons (Fsp3) is 1.00. The van der Waals surface area contributed by atoms with Gasteiger partial charge in [-0.25, -0.2) is 0 Å².